The highest BCUT2D eigenvalue weighted by Gasteiger charge is 2.26. The van der Waals surface area contributed by atoms with E-state index in [9.17, 15) is 83.9 Å². The summed E-state index contributed by atoms with van der Waals surface area (Å²) in [6, 6.07) is 17.8. The molecule has 3 atom stereocenters. The number of carbonyl (C=O) groups excluding carboxylic acids is 12. The summed E-state index contributed by atoms with van der Waals surface area (Å²) in [4.78, 5) is 140. The van der Waals surface area contributed by atoms with Crippen molar-refractivity contribution in [3.05, 3.63) is 161 Å². The first-order valence-corrected chi connectivity index (χ1v) is 28.7. The summed E-state index contributed by atoms with van der Waals surface area (Å²) in [5.74, 6) is -11.5. The first-order valence-electron chi connectivity index (χ1n) is 25.8. The number of nitrogens with one attached hydrogen (secondary N) is 3. The van der Waals surface area contributed by atoms with Crippen LogP contribution in [0, 0.1) is 34.9 Å². The fraction of sp³-hybridized carbons (Fsp3) is 0.200. The molecule has 6 aromatic carbocycles. The third-order valence-corrected chi connectivity index (χ3v) is 14.3. The van der Waals surface area contributed by atoms with E-state index < -0.39 is 122 Å². The Labute approximate surface area is 521 Å². The number of primary amides is 3. The lowest BCUT2D eigenvalue weighted by Crippen LogP contribution is -2.45. The van der Waals surface area contributed by atoms with Gasteiger partial charge in [0.2, 0.25) is 50.8 Å². The topological polar surface area (TPSA) is 347 Å². The third-order valence-electron chi connectivity index (χ3n) is 11.4. The van der Waals surface area contributed by atoms with E-state index >= 15 is 0 Å². The van der Waals surface area contributed by atoms with E-state index in [0.717, 1.165) is 39.0 Å². The molecule has 6 rings (SSSR count). The van der Waals surface area contributed by atoms with E-state index in [1.807, 2.05) is 0 Å². The summed E-state index contributed by atoms with van der Waals surface area (Å²) in [7, 11) is 0. The van der Waals surface area contributed by atoms with E-state index in [2.05, 4.69) is 16.0 Å². The maximum absolute atomic E-state index is 14.1. The van der Waals surface area contributed by atoms with Crippen LogP contribution in [0.1, 0.15) is 72.6 Å². The summed E-state index contributed by atoms with van der Waals surface area (Å²) in [5.41, 5.74) is 16.3. The smallest absolute Gasteiger partial charge is 0.308 e. The fourth-order valence-electron chi connectivity index (χ4n) is 7.50. The van der Waals surface area contributed by atoms with Gasteiger partial charge in [-0.1, -0.05) is 53.5 Å². The van der Waals surface area contributed by atoms with Gasteiger partial charge in [-0.3, -0.25) is 57.5 Å². The molecule has 0 aliphatic rings. The van der Waals surface area contributed by atoms with Crippen LogP contribution in [0.15, 0.2) is 109 Å². The van der Waals surface area contributed by atoms with Gasteiger partial charge >= 0.3 is 17.9 Å². The molecule has 0 spiro atoms. The number of amides is 6. The summed E-state index contributed by atoms with van der Waals surface area (Å²) in [5, 5.41) is 5.16. The molecular weight excluding hydrogens is 1250 g/mol. The Morgan fingerprint density at radius 3 is 0.789 bits per heavy atom. The molecule has 474 valence electrons. The summed E-state index contributed by atoms with van der Waals surface area (Å²) < 4.78 is 97.1. The van der Waals surface area contributed by atoms with Crippen LogP contribution in [-0.4, -0.2) is 104 Å². The van der Waals surface area contributed by atoms with Gasteiger partial charge in [0.05, 0.1) is 16.7 Å². The van der Waals surface area contributed by atoms with Gasteiger partial charge in [-0.15, -0.1) is 0 Å². The van der Waals surface area contributed by atoms with Crippen molar-refractivity contribution in [1.29, 1.82) is 0 Å². The minimum Gasteiger partial charge on any atom is -0.426 e. The van der Waals surface area contributed by atoms with Crippen molar-refractivity contribution in [2.75, 3.05) is 17.3 Å². The second-order valence-electron chi connectivity index (χ2n) is 18.5. The van der Waals surface area contributed by atoms with Crippen molar-refractivity contribution in [3.63, 3.8) is 0 Å². The number of ether oxygens (including phenoxy) is 3. The Balaban J connectivity index is 0.000000288. The van der Waals surface area contributed by atoms with Gasteiger partial charge in [-0.25, -0.2) is 26.3 Å². The first-order chi connectivity index (χ1) is 42.2. The molecule has 0 aliphatic heterocycles. The highest BCUT2D eigenvalue weighted by atomic mass is 32.2. The molecule has 0 fully saturated rings. The van der Waals surface area contributed by atoms with Crippen LogP contribution < -0.4 is 47.4 Å². The zero-order valence-electron chi connectivity index (χ0n) is 48.1. The van der Waals surface area contributed by atoms with Crippen LogP contribution >= 0.6 is 35.3 Å². The van der Waals surface area contributed by atoms with Crippen LogP contribution in [0.5, 0.6) is 17.2 Å². The molecule has 0 aromatic heterocycles. The van der Waals surface area contributed by atoms with Crippen molar-refractivity contribution in [3.8, 4) is 50.6 Å². The Morgan fingerprint density at radius 2 is 0.600 bits per heavy atom. The van der Waals surface area contributed by atoms with E-state index in [4.69, 9.17) is 31.4 Å². The van der Waals surface area contributed by atoms with Crippen LogP contribution in [0.4, 0.5) is 26.3 Å². The van der Waals surface area contributed by atoms with E-state index in [0.29, 0.717) is 53.5 Å². The number of hydrogen-bond donors (Lipinski definition) is 6. The molecular formula is C60H54F6N6O15S3. The molecule has 0 bridgehead atoms. The van der Waals surface area contributed by atoms with Crippen LogP contribution in [-0.2, 0) is 43.2 Å². The average Bonchev–Trinajstić information content (AvgIpc) is 0.945. The highest BCUT2D eigenvalue weighted by molar-refractivity contribution is 8.14. The van der Waals surface area contributed by atoms with Crippen molar-refractivity contribution >= 4 is 104 Å². The van der Waals surface area contributed by atoms with E-state index in [1.165, 1.54) is 93.6 Å². The number of carbonyl (C=O) groups is 12. The number of benzene rings is 6. The Morgan fingerprint density at radius 1 is 0.367 bits per heavy atom. The molecule has 1 unspecified atom stereocenters. The predicted octanol–water partition coefficient (Wildman–Crippen LogP) is 7.26. The van der Waals surface area contributed by atoms with Gasteiger partial charge in [0, 0.05) is 93.7 Å². The lowest BCUT2D eigenvalue weighted by atomic mass is 10.0. The van der Waals surface area contributed by atoms with E-state index in [-0.39, 0.29) is 84.6 Å². The summed E-state index contributed by atoms with van der Waals surface area (Å²) >= 11 is 1.98. The van der Waals surface area contributed by atoms with Gasteiger partial charge in [-0.2, -0.15) is 0 Å². The van der Waals surface area contributed by atoms with E-state index in [1.54, 1.807) is 0 Å². The zero-order chi connectivity index (χ0) is 67.3. The maximum Gasteiger partial charge on any atom is 0.308 e. The van der Waals surface area contributed by atoms with Crippen molar-refractivity contribution in [2.45, 2.75) is 59.7 Å². The lowest BCUT2D eigenvalue weighted by molar-refractivity contribution is -0.132. The van der Waals surface area contributed by atoms with Crippen molar-refractivity contribution in [2.24, 2.45) is 17.2 Å². The van der Waals surface area contributed by atoms with Crippen LogP contribution in [0.3, 0.4) is 0 Å². The Hall–Kier alpha value is -9.81. The molecule has 0 saturated heterocycles. The van der Waals surface area contributed by atoms with Gasteiger partial charge in [-0.05, 0) is 89.5 Å². The molecule has 9 N–H and O–H groups in total. The molecule has 0 aliphatic carbocycles. The monoisotopic (exact) mass is 1310 g/mol. The number of halogens is 6. The lowest BCUT2D eigenvalue weighted by Gasteiger charge is -2.14. The SMILES string of the molecule is CC(=O)NC(CSC(=O)c1cc(-c2ccc(F)cc2F)ccc1OC(C)=O)C(N)=O.CC(=O)N[C@@H](CSC(=O)c1cc(-c2ccc(F)cc2F)ccc1OC(C)=O)C(N)=O.CC(=O)N[C@H](CSC(=O)c1cc(-c2ccc(F)cc2F)ccc1OC(C)=O)C(N)=O. The zero-order valence-corrected chi connectivity index (χ0v) is 50.5. The quantitative estimate of drug-likeness (QED) is 0.0234. The van der Waals surface area contributed by atoms with Crippen molar-refractivity contribution in [1.82, 2.24) is 16.0 Å². The minimum atomic E-state index is -1.09. The highest BCUT2D eigenvalue weighted by Crippen LogP contribution is 2.35. The molecule has 21 nitrogen and oxygen atoms in total. The largest absolute Gasteiger partial charge is 0.426 e. The average molecular weight is 1310 g/mol. The Kier molecular flexibility index (Phi) is 27.5. The number of rotatable bonds is 21. The summed E-state index contributed by atoms with van der Waals surface area (Å²) in [6.07, 6.45) is 0. The molecule has 30 heteroatoms. The van der Waals surface area contributed by atoms with Gasteiger partial charge in [0.1, 0.15) is 70.3 Å². The fourth-order valence-corrected chi connectivity index (χ4v) is 10.1. The van der Waals surface area contributed by atoms with Gasteiger partial charge in [0.15, 0.2) is 0 Å². The predicted molar refractivity (Wildman–Crippen MR) is 320 cm³/mol. The molecule has 6 amide bonds. The number of nitrogens with two attached hydrogens (primary N) is 3. The van der Waals surface area contributed by atoms with Crippen LogP contribution in [0.25, 0.3) is 33.4 Å². The van der Waals surface area contributed by atoms with Gasteiger partial charge in [0.25, 0.3) is 0 Å². The summed E-state index contributed by atoms with van der Waals surface area (Å²) in [6.45, 7) is 7.03. The second-order valence-corrected chi connectivity index (χ2v) is 21.5. The van der Waals surface area contributed by atoms with Crippen LogP contribution in [0.2, 0.25) is 0 Å². The number of thioether (sulfide) groups is 3. The molecule has 90 heavy (non-hydrogen) atoms. The first kappa shape index (κ1) is 72.7. The Bertz CT molecular complexity index is 3420. The second kappa shape index (κ2) is 34.1. The number of hydrogen-bond acceptors (Lipinski definition) is 18. The molecule has 0 radical (unpaired) electrons. The minimum absolute atomic E-state index is 0.0399. The molecule has 6 aromatic rings. The van der Waals surface area contributed by atoms with Gasteiger partial charge < -0.3 is 47.4 Å². The third kappa shape index (κ3) is 22.7. The standard InChI is InChI=1S/3C20H18F2N2O5S/c3*1-10(25)24-17(19(23)27)9-30-20(28)15-7-12(3-6-18(15)29-11(2)26)14-5-4-13(21)8-16(14)22/h3*3-8,17H,9H2,1-2H3,(H2,23,27)(H,24,25)/t2*17-;/m10./s1. The molecule has 0 saturated carbocycles. The van der Waals surface area contributed by atoms with Crippen molar-refractivity contribution < 1.29 is 98.1 Å². The molecule has 0 heterocycles. The maximum atomic E-state index is 14.1. The normalized spacial score (nSPS) is 11.5. The number of esters is 3.